The predicted octanol–water partition coefficient (Wildman–Crippen LogP) is 2.18. The second-order valence-corrected chi connectivity index (χ2v) is 7.24. The van der Waals surface area contributed by atoms with Crippen molar-refractivity contribution in [2.75, 3.05) is 7.05 Å². The van der Waals surface area contributed by atoms with Gasteiger partial charge in [0.25, 0.3) is 15.9 Å². The first-order valence-electron chi connectivity index (χ1n) is 6.72. The fourth-order valence-electron chi connectivity index (χ4n) is 1.71. The van der Waals surface area contributed by atoms with E-state index in [4.69, 9.17) is 23.8 Å². The number of carbonyl (C=O) groups excluding carboxylic acids is 1. The van der Waals surface area contributed by atoms with Crippen LogP contribution in [-0.2, 0) is 10.0 Å². The summed E-state index contributed by atoms with van der Waals surface area (Å²) < 4.78 is 26.6. The fraction of sp³-hybridized carbons (Fsp3) is 0.0667. The normalized spacial score (nSPS) is 10.8. The van der Waals surface area contributed by atoms with Gasteiger partial charge in [-0.05, 0) is 48.6 Å². The summed E-state index contributed by atoms with van der Waals surface area (Å²) in [7, 11) is -2.38. The summed E-state index contributed by atoms with van der Waals surface area (Å²) in [6.45, 7) is 0. The molecule has 0 radical (unpaired) electrons. The Morgan fingerprint density at radius 3 is 2.25 bits per heavy atom. The zero-order valence-corrected chi connectivity index (χ0v) is 15.0. The Morgan fingerprint density at radius 2 is 1.67 bits per heavy atom. The van der Waals surface area contributed by atoms with Crippen molar-refractivity contribution in [2.45, 2.75) is 4.90 Å². The van der Waals surface area contributed by atoms with Crippen LogP contribution < -0.4 is 10.1 Å². The van der Waals surface area contributed by atoms with Crippen molar-refractivity contribution < 1.29 is 13.2 Å². The molecular formula is C15H14ClN3O3S2. The van der Waals surface area contributed by atoms with E-state index in [1.54, 1.807) is 42.5 Å². The van der Waals surface area contributed by atoms with E-state index in [1.165, 1.54) is 19.2 Å². The second-order valence-electron chi connectivity index (χ2n) is 4.73. The minimum Gasteiger partial charge on any atom is -0.267 e. The van der Waals surface area contributed by atoms with Crippen LogP contribution in [0.3, 0.4) is 0 Å². The van der Waals surface area contributed by atoms with E-state index in [-0.39, 0.29) is 10.0 Å². The maximum Gasteiger partial charge on any atom is 0.269 e. The first-order valence-corrected chi connectivity index (χ1v) is 8.98. The Kier molecular flexibility index (Phi) is 5.76. The maximum atomic E-state index is 12.2. The van der Waals surface area contributed by atoms with Gasteiger partial charge >= 0.3 is 0 Å². The van der Waals surface area contributed by atoms with Gasteiger partial charge in [0.1, 0.15) is 0 Å². The molecular weight excluding hydrogens is 370 g/mol. The van der Waals surface area contributed by atoms with Gasteiger partial charge in [-0.1, -0.05) is 29.8 Å². The Labute approximate surface area is 150 Å². The molecule has 2 N–H and O–H groups in total. The minimum atomic E-state index is -3.81. The van der Waals surface area contributed by atoms with Gasteiger partial charge in [-0.25, -0.2) is 8.42 Å². The summed E-state index contributed by atoms with van der Waals surface area (Å²) >= 11 is 10.8. The first-order chi connectivity index (χ1) is 11.3. The lowest BCUT2D eigenvalue weighted by Crippen LogP contribution is -2.49. The molecule has 2 aromatic carbocycles. The van der Waals surface area contributed by atoms with E-state index in [0.29, 0.717) is 10.6 Å². The standard InChI is InChI=1S/C15H14ClN3O3S2/c1-19(17-14(20)11-7-9-12(16)10-8-11)15(23)18-24(21,22)13-5-3-2-4-6-13/h2-10H,1H3,(H,17,20)(H,18,23). The van der Waals surface area contributed by atoms with E-state index >= 15 is 0 Å². The van der Waals surface area contributed by atoms with Crippen LogP contribution in [-0.4, -0.2) is 31.5 Å². The van der Waals surface area contributed by atoms with Crippen molar-refractivity contribution in [3.05, 3.63) is 65.2 Å². The molecule has 0 fully saturated rings. The molecule has 2 rings (SSSR count). The summed E-state index contributed by atoms with van der Waals surface area (Å²) in [4.78, 5) is 12.1. The summed E-state index contributed by atoms with van der Waals surface area (Å²) in [6, 6.07) is 14.0. The summed E-state index contributed by atoms with van der Waals surface area (Å²) in [6.07, 6.45) is 0. The molecule has 1 amide bonds. The molecule has 0 atom stereocenters. The van der Waals surface area contributed by atoms with E-state index in [2.05, 4.69) is 10.1 Å². The number of hydrogen-bond donors (Lipinski definition) is 2. The molecule has 0 aliphatic carbocycles. The summed E-state index contributed by atoms with van der Waals surface area (Å²) in [5, 5.41) is 1.46. The van der Waals surface area contributed by atoms with Gasteiger partial charge in [0.2, 0.25) is 5.11 Å². The highest BCUT2D eigenvalue weighted by molar-refractivity contribution is 7.91. The Bertz CT molecular complexity index is 840. The highest BCUT2D eigenvalue weighted by atomic mass is 35.5. The van der Waals surface area contributed by atoms with Crippen LogP contribution in [0.5, 0.6) is 0 Å². The molecule has 0 bridgehead atoms. The highest BCUT2D eigenvalue weighted by Gasteiger charge is 2.18. The van der Waals surface area contributed by atoms with Gasteiger partial charge in [0.05, 0.1) is 4.90 Å². The number of halogens is 1. The molecule has 0 unspecified atom stereocenters. The molecule has 24 heavy (non-hydrogen) atoms. The maximum absolute atomic E-state index is 12.2. The highest BCUT2D eigenvalue weighted by Crippen LogP contribution is 2.10. The van der Waals surface area contributed by atoms with E-state index in [9.17, 15) is 13.2 Å². The molecule has 2 aromatic rings. The van der Waals surface area contributed by atoms with Gasteiger partial charge in [-0.3, -0.25) is 20.0 Å². The molecule has 0 aromatic heterocycles. The van der Waals surface area contributed by atoms with Gasteiger partial charge in [0, 0.05) is 17.6 Å². The van der Waals surface area contributed by atoms with Crippen molar-refractivity contribution in [1.29, 1.82) is 0 Å². The third-order valence-corrected chi connectivity index (χ3v) is 5.07. The number of nitrogens with one attached hydrogen (secondary N) is 2. The van der Waals surface area contributed by atoms with Crippen molar-refractivity contribution >= 4 is 44.9 Å². The number of hydrogen-bond acceptors (Lipinski definition) is 4. The SMILES string of the molecule is CN(NC(=O)c1ccc(Cl)cc1)C(=S)NS(=O)(=O)c1ccccc1. The summed E-state index contributed by atoms with van der Waals surface area (Å²) in [5.74, 6) is -0.449. The number of hydrazine groups is 1. The number of rotatable bonds is 3. The van der Waals surface area contributed by atoms with Crippen LogP contribution in [0.1, 0.15) is 10.4 Å². The molecule has 126 valence electrons. The smallest absolute Gasteiger partial charge is 0.267 e. The quantitative estimate of drug-likeness (QED) is 0.627. The third kappa shape index (κ3) is 4.67. The average molecular weight is 384 g/mol. The Hall–Kier alpha value is -2.16. The lowest BCUT2D eigenvalue weighted by Gasteiger charge is -2.21. The lowest BCUT2D eigenvalue weighted by molar-refractivity contribution is 0.0887. The van der Waals surface area contributed by atoms with Crippen molar-refractivity contribution in [1.82, 2.24) is 15.2 Å². The third-order valence-electron chi connectivity index (χ3n) is 2.96. The number of carbonyl (C=O) groups is 1. The van der Waals surface area contributed by atoms with E-state index < -0.39 is 15.9 Å². The van der Waals surface area contributed by atoms with Crippen LogP contribution in [0, 0.1) is 0 Å². The number of benzene rings is 2. The number of nitrogens with zero attached hydrogens (tertiary/aromatic N) is 1. The first kappa shape index (κ1) is 18.2. The average Bonchev–Trinajstić information content (AvgIpc) is 2.55. The zero-order chi connectivity index (χ0) is 17.7. The molecule has 0 aliphatic heterocycles. The van der Waals surface area contributed by atoms with Gasteiger partial charge in [-0.15, -0.1) is 0 Å². The Morgan fingerprint density at radius 1 is 1.08 bits per heavy atom. The Balaban J connectivity index is 2.02. The topological polar surface area (TPSA) is 78.5 Å². The molecule has 9 heteroatoms. The molecule has 0 spiro atoms. The van der Waals surface area contributed by atoms with Gasteiger partial charge in [0.15, 0.2) is 0 Å². The molecule has 0 saturated heterocycles. The van der Waals surface area contributed by atoms with Crippen molar-refractivity contribution in [3.63, 3.8) is 0 Å². The lowest BCUT2D eigenvalue weighted by atomic mass is 10.2. The number of sulfonamides is 1. The van der Waals surface area contributed by atoms with Crippen LogP contribution in [0.25, 0.3) is 0 Å². The largest absolute Gasteiger partial charge is 0.269 e. The minimum absolute atomic E-state index is 0.0739. The van der Waals surface area contributed by atoms with E-state index in [1.807, 2.05) is 0 Å². The van der Waals surface area contributed by atoms with Crippen LogP contribution in [0.4, 0.5) is 0 Å². The molecule has 0 saturated carbocycles. The number of amides is 1. The fourth-order valence-corrected chi connectivity index (χ4v) is 3.21. The number of thiocarbonyl (C=S) groups is 1. The predicted molar refractivity (Wildman–Crippen MR) is 96.0 cm³/mol. The van der Waals surface area contributed by atoms with Gasteiger partial charge in [-0.2, -0.15) is 0 Å². The van der Waals surface area contributed by atoms with Crippen LogP contribution in [0.2, 0.25) is 5.02 Å². The monoisotopic (exact) mass is 383 g/mol. The van der Waals surface area contributed by atoms with Crippen LogP contribution in [0.15, 0.2) is 59.5 Å². The zero-order valence-electron chi connectivity index (χ0n) is 12.6. The van der Waals surface area contributed by atoms with E-state index in [0.717, 1.165) is 5.01 Å². The summed E-state index contributed by atoms with van der Waals surface area (Å²) in [5.41, 5.74) is 2.83. The van der Waals surface area contributed by atoms with Crippen molar-refractivity contribution in [2.24, 2.45) is 0 Å². The van der Waals surface area contributed by atoms with Gasteiger partial charge < -0.3 is 0 Å². The molecule has 0 aliphatic rings. The van der Waals surface area contributed by atoms with Crippen LogP contribution >= 0.6 is 23.8 Å². The molecule has 0 heterocycles. The molecule has 6 nitrogen and oxygen atoms in total. The second kappa shape index (κ2) is 7.61. The van der Waals surface area contributed by atoms with Crippen molar-refractivity contribution in [3.8, 4) is 0 Å².